The lowest BCUT2D eigenvalue weighted by Crippen LogP contribution is -2.46. The molecule has 0 unspecified atom stereocenters. The molecule has 0 saturated carbocycles. The summed E-state index contributed by atoms with van der Waals surface area (Å²) < 4.78 is 5.38. The minimum Gasteiger partial charge on any atom is -0.384 e. The van der Waals surface area contributed by atoms with Crippen molar-refractivity contribution in [2.75, 3.05) is 64.4 Å². The van der Waals surface area contributed by atoms with Crippen LogP contribution in [0.25, 0.3) is 0 Å². The van der Waals surface area contributed by atoms with Gasteiger partial charge in [-0.3, -0.25) is 4.90 Å². The standard InChI is InChI=1S/C20H33N3O/c1-3-21-11-13-23(14-12-21)20-9-5-4-8-19(20)16-22-10-6-7-18(15-22)17-24-2/h4-5,8-9,18H,3,6-7,10-17H2,1-2H3/t18-/m1/s1. The number of rotatable bonds is 6. The first-order valence-corrected chi connectivity index (χ1v) is 9.56. The molecule has 2 heterocycles. The zero-order chi connectivity index (χ0) is 16.8. The summed E-state index contributed by atoms with van der Waals surface area (Å²) in [7, 11) is 1.82. The molecule has 0 aliphatic carbocycles. The van der Waals surface area contributed by atoms with Crippen LogP contribution < -0.4 is 4.90 Å². The normalized spacial score (nSPS) is 23.6. The smallest absolute Gasteiger partial charge is 0.0502 e. The molecule has 0 amide bonds. The SMILES string of the molecule is CCN1CCN(c2ccccc2CN2CCC[C@@H](COC)C2)CC1. The Morgan fingerprint density at radius 1 is 1.04 bits per heavy atom. The van der Waals surface area contributed by atoms with Crippen LogP contribution in [0.5, 0.6) is 0 Å². The number of nitrogens with zero attached hydrogens (tertiary/aromatic N) is 3. The number of hydrogen-bond donors (Lipinski definition) is 0. The largest absolute Gasteiger partial charge is 0.384 e. The van der Waals surface area contributed by atoms with E-state index in [1.165, 1.54) is 56.8 Å². The molecule has 0 radical (unpaired) electrons. The maximum atomic E-state index is 5.38. The Balaban J connectivity index is 1.64. The summed E-state index contributed by atoms with van der Waals surface area (Å²) in [5.41, 5.74) is 2.93. The van der Waals surface area contributed by atoms with Crippen LogP contribution in [0, 0.1) is 5.92 Å². The summed E-state index contributed by atoms with van der Waals surface area (Å²) in [5.74, 6) is 0.698. The van der Waals surface area contributed by atoms with Crippen LogP contribution in [0.2, 0.25) is 0 Å². The van der Waals surface area contributed by atoms with Gasteiger partial charge in [-0.05, 0) is 43.5 Å². The third-order valence-electron chi connectivity index (χ3n) is 5.55. The van der Waals surface area contributed by atoms with E-state index in [0.29, 0.717) is 5.92 Å². The van der Waals surface area contributed by atoms with Gasteiger partial charge in [-0.1, -0.05) is 25.1 Å². The number of hydrogen-bond acceptors (Lipinski definition) is 4. The lowest BCUT2D eigenvalue weighted by molar-refractivity contribution is 0.0874. The molecule has 4 nitrogen and oxygen atoms in total. The third kappa shape index (κ3) is 4.50. The molecule has 134 valence electrons. The van der Waals surface area contributed by atoms with Gasteiger partial charge in [0.25, 0.3) is 0 Å². The fourth-order valence-electron chi connectivity index (χ4n) is 4.17. The van der Waals surface area contributed by atoms with Crippen LogP contribution >= 0.6 is 0 Å². The van der Waals surface area contributed by atoms with Gasteiger partial charge < -0.3 is 14.5 Å². The second-order valence-corrected chi connectivity index (χ2v) is 7.25. The fourth-order valence-corrected chi connectivity index (χ4v) is 4.17. The quantitative estimate of drug-likeness (QED) is 0.798. The minimum absolute atomic E-state index is 0.698. The molecule has 24 heavy (non-hydrogen) atoms. The van der Waals surface area contributed by atoms with Crippen LogP contribution in [0.1, 0.15) is 25.3 Å². The van der Waals surface area contributed by atoms with E-state index >= 15 is 0 Å². The summed E-state index contributed by atoms with van der Waals surface area (Å²) >= 11 is 0. The minimum atomic E-state index is 0.698. The Labute approximate surface area is 147 Å². The molecule has 1 aromatic rings. The first kappa shape index (κ1) is 17.7. The van der Waals surface area contributed by atoms with Gasteiger partial charge in [0.1, 0.15) is 0 Å². The van der Waals surface area contributed by atoms with Gasteiger partial charge in [0.05, 0.1) is 6.61 Å². The Kier molecular flexibility index (Phi) is 6.52. The first-order valence-electron chi connectivity index (χ1n) is 9.56. The number of anilines is 1. The number of piperidine rings is 1. The van der Waals surface area contributed by atoms with Gasteiger partial charge in [0, 0.05) is 52.1 Å². The molecule has 1 aromatic carbocycles. The van der Waals surface area contributed by atoms with E-state index in [1.54, 1.807) is 0 Å². The lowest BCUT2D eigenvalue weighted by atomic mass is 9.98. The molecule has 0 bridgehead atoms. The highest BCUT2D eigenvalue weighted by Gasteiger charge is 2.22. The number of para-hydroxylation sites is 1. The predicted molar refractivity (Wildman–Crippen MR) is 101 cm³/mol. The summed E-state index contributed by atoms with van der Waals surface area (Å²) in [5, 5.41) is 0. The van der Waals surface area contributed by atoms with Crippen molar-refractivity contribution in [3.05, 3.63) is 29.8 Å². The second kappa shape index (κ2) is 8.84. The van der Waals surface area contributed by atoms with Gasteiger partial charge in [-0.2, -0.15) is 0 Å². The van der Waals surface area contributed by atoms with Crippen molar-refractivity contribution in [2.45, 2.75) is 26.3 Å². The van der Waals surface area contributed by atoms with Crippen molar-refractivity contribution in [2.24, 2.45) is 5.92 Å². The average Bonchev–Trinajstić information content (AvgIpc) is 2.63. The van der Waals surface area contributed by atoms with Crippen molar-refractivity contribution in [1.29, 1.82) is 0 Å². The zero-order valence-corrected chi connectivity index (χ0v) is 15.4. The Morgan fingerprint density at radius 2 is 1.83 bits per heavy atom. The highest BCUT2D eigenvalue weighted by molar-refractivity contribution is 5.54. The molecule has 0 N–H and O–H groups in total. The van der Waals surface area contributed by atoms with E-state index in [-0.39, 0.29) is 0 Å². The summed E-state index contributed by atoms with van der Waals surface area (Å²) in [6.07, 6.45) is 2.61. The maximum Gasteiger partial charge on any atom is 0.0502 e. The van der Waals surface area contributed by atoms with Crippen molar-refractivity contribution in [1.82, 2.24) is 9.80 Å². The topological polar surface area (TPSA) is 19.0 Å². The molecule has 2 aliphatic heterocycles. The molecule has 0 aromatic heterocycles. The molecule has 4 heteroatoms. The van der Waals surface area contributed by atoms with E-state index in [1.807, 2.05) is 7.11 Å². The van der Waals surface area contributed by atoms with E-state index in [2.05, 4.69) is 45.9 Å². The van der Waals surface area contributed by atoms with Crippen molar-refractivity contribution in [3.63, 3.8) is 0 Å². The summed E-state index contributed by atoms with van der Waals surface area (Å²) in [6, 6.07) is 9.02. The maximum absolute atomic E-state index is 5.38. The van der Waals surface area contributed by atoms with Crippen LogP contribution in [0.15, 0.2) is 24.3 Å². The lowest BCUT2D eigenvalue weighted by Gasteiger charge is -2.38. The van der Waals surface area contributed by atoms with E-state index in [9.17, 15) is 0 Å². The van der Waals surface area contributed by atoms with Crippen LogP contribution in [0.4, 0.5) is 5.69 Å². The summed E-state index contributed by atoms with van der Waals surface area (Å²) in [4.78, 5) is 7.74. The fraction of sp³-hybridized carbons (Fsp3) is 0.700. The Bertz CT molecular complexity index is 497. The number of likely N-dealkylation sites (tertiary alicyclic amines) is 1. The highest BCUT2D eigenvalue weighted by Crippen LogP contribution is 2.25. The van der Waals surface area contributed by atoms with Crippen molar-refractivity contribution < 1.29 is 4.74 Å². The number of piperazine rings is 1. The van der Waals surface area contributed by atoms with Gasteiger partial charge in [-0.25, -0.2) is 0 Å². The van der Waals surface area contributed by atoms with E-state index < -0.39 is 0 Å². The Morgan fingerprint density at radius 3 is 2.58 bits per heavy atom. The van der Waals surface area contributed by atoms with Crippen molar-refractivity contribution >= 4 is 5.69 Å². The molecule has 2 aliphatic rings. The number of likely N-dealkylation sites (N-methyl/N-ethyl adjacent to an activating group) is 1. The van der Waals surface area contributed by atoms with Crippen LogP contribution in [-0.4, -0.2) is 69.3 Å². The average molecular weight is 332 g/mol. The highest BCUT2D eigenvalue weighted by atomic mass is 16.5. The molecule has 3 rings (SSSR count). The second-order valence-electron chi connectivity index (χ2n) is 7.25. The molecule has 2 saturated heterocycles. The van der Waals surface area contributed by atoms with Crippen molar-refractivity contribution in [3.8, 4) is 0 Å². The first-order chi connectivity index (χ1) is 11.8. The number of methoxy groups -OCH3 is 1. The van der Waals surface area contributed by atoms with Gasteiger partial charge in [0.15, 0.2) is 0 Å². The number of ether oxygens (including phenoxy) is 1. The van der Waals surface area contributed by atoms with E-state index in [4.69, 9.17) is 4.74 Å². The van der Waals surface area contributed by atoms with Gasteiger partial charge in [0.2, 0.25) is 0 Å². The molecular weight excluding hydrogens is 298 g/mol. The Hall–Kier alpha value is -1.10. The third-order valence-corrected chi connectivity index (χ3v) is 5.55. The predicted octanol–water partition coefficient (Wildman–Crippen LogP) is 2.69. The van der Waals surface area contributed by atoms with Gasteiger partial charge in [-0.15, -0.1) is 0 Å². The van der Waals surface area contributed by atoms with Gasteiger partial charge >= 0.3 is 0 Å². The van der Waals surface area contributed by atoms with Crippen LogP contribution in [0.3, 0.4) is 0 Å². The number of benzene rings is 1. The summed E-state index contributed by atoms with van der Waals surface area (Å²) in [6.45, 7) is 12.5. The molecular formula is C20H33N3O. The molecule has 2 fully saturated rings. The molecule has 0 spiro atoms. The molecule has 1 atom stereocenters. The zero-order valence-electron chi connectivity index (χ0n) is 15.4. The monoisotopic (exact) mass is 331 g/mol. The van der Waals surface area contributed by atoms with Crippen LogP contribution in [-0.2, 0) is 11.3 Å². The van der Waals surface area contributed by atoms with E-state index in [0.717, 1.165) is 26.2 Å².